The van der Waals surface area contributed by atoms with E-state index in [9.17, 15) is 4.79 Å². The van der Waals surface area contributed by atoms with E-state index in [1.54, 1.807) is 26.0 Å². The average Bonchev–Trinajstić information content (AvgIpc) is 2.98. The molecule has 0 aromatic carbocycles. The van der Waals surface area contributed by atoms with Gasteiger partial charge in [-0.2, -0.15) is 4.98 Å². The first-order chi connectivity index (χ1) is 8.22. The Kier molecular flexibility index (Phi) is 3.22. The standard InChI is InChI=1S/C11H12N2O4/c1-3-15-11(14)7(2)10-12-9(13-17-10)8-5-4-6-16-8/h4-7H,3H2,1-2H3. The van der Waals surface area contributed by atoms with Crippen LogP contribution in [0.2, 0.25) is 0 Å². The first-order valence-electron chi connectivity index (χ1n) is 5.26. The smallest absolute Gasteiger partial charge is 0.318 e. The summed E-state index contributed by atoms with van der Waals surface area (Å²) in [5.41, 5.74) is 0. The number of aromatic nitrogens is 2. The molecule has 17 heavy (non-hydrogen) atoms. The van der Waals surface area contributed by atoms with Crippen LogP contribution in [-0.2, 0) is 9.53 Å². The van der Waals surface area contributed by atoms with E-state index in [0.717, 1.165) is 0 Å². The molecule has 90 valence electrons. The predicted molar refractivity (Wildman–Crippen MR) is 57.0 cm³/mol. The minimum atomic E-state index is -0.578. The molecule has 0 aliphatic rings. The fourth-order valence-corrected chi connectivity index (χ4v) is 1.29. The summed E-state index contributed by atoms with van der Waals surface area (Å²) >= 11 is 0. The fraction of sp³-hybridized carbons (Fsp3) is 0.364. The Morgan fingerprint density at radius 3 is 3.06 bits per heavy atom. The molecule has 0 saturated carbocycles. The lowest BCUT2D eigenvalue weighted by Gasteiger charge is -2.04. The Labute approximate surface area is 97.6 Å². The van der Waals surface area contributed by atoms with Crippen molar-refractivity contribution < 1.29 is 18.5 Å². The predicted octanol–water partition coefficient (Wildman–Crippen LogP) is 2.00. The highest BCUT2D eigenvalue weighted by Crippen LogP contribution is 2.20. The maximum atomic E-state index is 11.5. The van der Waals surface area contributed by atoms with Crippen molar-refractivity contribution in [3.63, 3.8) is 0 Å². The second-order valence-electron chi connectivity index (χ2n) is 3.41. The summed E-state index contributed by atoms with van der Waals surface area (Å²) in [7, 11) is 0. The first kappa shape index (κ1) is 11.4. The van der Waals surface area contributed by atoms with E-state index < -0.39 is 5.92 Å². The van der Waals surface area contributed by atoms with E-state index in [-0.39, 0.29) is 11.9 Å². The molecule has 2 aromatic heterocycles. The molecule has 6 nitrogen and oxygen atoms in total. The van der Waals surface area contributed by atoms with Crippen molar-refractivity contribution in [2.24, 2.45) is 0 Å². The van der Waals surface area contributed by atoms with Gasteiger partial charge < -0.3 is 13.7 Å². The average molecular weight is 236 g/mol. The summed E-state index contributed by atoms with van der Waals surface area (Å²) in [6.45, 7) is 3.71. The van der Waals surface area contributed by atoms with Gasteiger partial charge in [0.1, 0.15) is 5.92 Å². The van der Waals surface area contributed by atoms with Crippen LogP contribution < -0.4 is 0 Å². The highest BCUT2D eigenvalue weighted by Gasteiger charge is 2.23. The Bertz CT molecular complexity index is 489. The third-order valence-electron chi connectivity index (χ3n) is 2.19. The highest BCUT2D eigenvalue weighted by molar-refractivity contribution is 5.76. The van der Waals surface area contributed by atoms with Crippen molar-refractivity contribution in [1.82, 2.24) is 10.1 Å². The van der Waals surface area contributed by atoms with Crippen LogP contribution in [0.4, 0.5) is 0 Å². The summed E-state index contributed by atoms with van der Waals surface area (Å²) in [5.74, 6) is 0.0698. The van der Waals surface area contributed by atoms with Crippen LogP contribution >= 0.6 is 0 Å². The number of carbonyl (C=O) groups is 1. The Morgan fingerprint density at radius 1 is 1.59 bits per heavy atom. The second kappa shape index (κ2) is 4.82. The third kappa shape index (κ3) is 2.35. The molecule has 0 aliphatic heterocycles. The zero-order valence-electron chi connectivity index (χ0n) is 9.54. The molecule has 2 rings (SSSR count). The van der Waals surface area contributed by atoms with Gasteiger partial charge in [0.25, 0.3) is 0 Å². The molecule has 2 aromatic rings. The summed E-state index contributed by atoms with van der Waals surface area (Å²) in [5, 5.41) is 3.73. The van der Waals surface area contributed by atoms with Gasteiger partial charge in [0.2, 0.25) is 11.7 Å². The number of rotatable bonds is 4. The van der Waals surface area contributed by atoms with Gasteiger partial charge in [0.15, 0.2) is 5.76 Å². The number of hydrogen-bond acceptors (Lipinski definition) is 6. The van der Waals surface area contributed by atoms with Crippen molar-refractivity contribution in [1.29, 1.82) is 0 Å². The molecule has 0 radical (unpaired) electrons. The molecule has 1 unspecified atom stereocenters. The number of ether oxygens (including phenoxy) is 1. The van der Waals surface area contributed by atoms with Crippen LogP contribution in [0.5, 0.6) is 0 Å². The van der Waals surface area contributed by atoms with Crippen molar-refractivity contribution >= 4 is 5.97 Å². The highest BCUT2D eigenvalue weighted by atomic mass is 16.5. The minimum Gasteiger partial charge on any atom is -0.465 e. The Hall–Kier alpha value is -2.11. The lowest BCUT2D eigenvalue weighted by atomic mass is 10.2. The number of carbonyl (C=O) groups excluding carboxylic acids is 1. The number of furan rings is 1. The summed E-state index contributed by atoms with van der Waals surface area (Å²) in [6, 6.07) is 3.43. The summed E-state index contributed by atoms with van der Waals surface area (Å²) < 4.78 is 15.0. The van der Waals surface area contributed by atoms with Crippen LogP contribution in [0.25, 0.3) is 11.6 Å². The molecule has 0 saturated heterocycles. The van der Waals surface area contributed by atoms with Gasteiger partial charge in [-0.25, -0.2) is 0 Å². The minimum absolute atomic E-state index is 0.217. The fourth-order valence-electron chi connectivity index (χ4n) is 1.29. The van der Waals surface area contributed by atoms with Crippen LogP contribution in [0.15, 0.2) is 27.3 Å². The molecule has 2 heterocycles. The number of esters is 1. The molecule has 0 fully saturated rings. The van der Waals surface area contributed by atoms with Crippen molar-refractivity contribution in [2.45, 2.75) is 19.8 Å². The second-order valence-corrected chi connectivity index (χ2v) is 3.41. The van der Waals surface area contributed by atoms with E-state index in [4.69, 9.17) is 13.7 Å². The van der Waals surface area contributed by atoms with Gasteiger partial charge in [0, 0.05) is 0 Å². The quantitative estimate of drug-likeness (QED) is 0.755. The topological polar surface area (TPSA) is 78.4 Å². The van der Waals surface area contributed by atoms with Crippen LogP contribution in [0, 0.1) is 0 Å². The zero-order chi connectivity index (χ0) is 12.3. The third-order valence-corrected chi connectivity index (χ3v) is 2.19. The Morgan fingerprint density at radius 2 is 2.41 bits per heavy atom. The number of hydrogen-bond donors (Lipinski definition) is 0. The normalized spacial score (nSPS) is 12.4. The lowest BCUT2D eigenvalue weighted by Crippen LogP contribution is -2.13. The van der Waals surface area contributed by atoms with E-state index in [1.165, 1.54) is 6.26 Å². The monoisotopic (exact) mass is 236 g/mol. The Balaban J connectivity index is 2.16. The van der Waals surface area contributed by atoms with E-state index >= 15 is 0 Å². The van der Waals surface area contributed by atoms with Gasteiger partial charge in [-0.15, -0.1) is 0 Å². The van der Waals surface area contributed by atoms with Crippen LogP contribution in [0.3, 0.4) is 0 Å². The van der Waals surface area contributed by atoms with Gasteiger partial charge in [-0.05, 0) is 26.0 Å². The van der Waals surface area contributed by atoms with Gasteiger partial charge >= 0.3 is 5.97 Å². The van der Waals surface area contributed by atoms with Crippen LogP contribution in [-0.4, -0.2) is 22.7 Å². The van der Waals surface area contributed by atoms with Crippen molar-refractivity contribution in [3.05, 3.63) is 24.3 Å². The van der Waals surface area contributed by atoms with Crippen LogP contribution in [0.1, 0.15) is 25.7 Å². The van der Waals surface area contributed by atoms with Crippen molar-refractivity contribution in [3.8, 4) is 11.6 Å². The van der Waals surface area contributed by atoms with E-state index in [2.05, 4.69) is 10.1 Å². The first-order valence-corrected chi connectivity index (χ1v) is 5.26. The van der Waals surface area contributed by atoms with Crippen molar-refractivity contribution in [2.75, 3.05) is 6.61 Å². The van der Waals surface area contributed by atoms with E-state index in [1.807, 2.05) is 0 Å². The largest absolute Gasteiger partial charge is 0.465 e. The number of nitrogens with zero attached hydrogens (tertiary/aromatic N) is 2. The maximum Gasteiger partial charge on any atom is 0.318 e. The molecule has 0 aliphatic carbocycles. The molecular weight excluding hydrogens is 224 g/mol. The molecule has 6 heteroatoms. The molecular formula is C11H12N2O4. The SMILES string of the molecule is CCOC(=O)C(C)c1nc(-c2ccco2)no1. The molecule has 0 bridgehead atoms. The zero-order valence-corrected chi connectivity index (χ0v) is 9.54. The molecule has 0 N–H and O–H groups in total. The lowest BCUT2D eigenvalue weighted by molar-refractivity contribution is -0.145. The van der Waals surface area contributed by atoms with Gasteiger partial charge in [0.05, 0.1) is 12.9 Å². The molecule has 0 amide bonds. The maximum absolute atomic E-state index is 11.5. The van der Waals surface area contributed by atoms with Gasteiger partial charge in [-0.3, -0.25) is 4.79 Å². The molecule has 0 spiro atoms. The summed E-state index contributed by atoms with van der Waals surface area (Å²) in [4.78, 5) is 15.5. The summed E-state index contributed by atoms with van der Waals surface area (Å²) in [6.07, 6.45) is 1.51. The molecule has 1 atom stereocenters. The van der Waals surface area contributed by atoms with E-state index in [0.29, 0.717) is 18.2 Å². The van der Waals surface area contributed by atoms with Gasteiger partial charge in [-0.1, -0.05) is 5.16 Å².